The molecule has 0 aliphatic carbocycles. The molecule has 1 atom stereocenters. The van der Waals surface area contributed by atoms with Gasteiger partial charge in [0.05, 0.1) is 18.3 Å². The van der Waals surface area contributed by atoms with E-state index >= 15 is 0 Å². The summed E-state index contributed by atoms with van der Waals surface area (Å²) < 4.78 is 5.56. The van der Waals surface area contributed by atoms with Crippen molar-refractivity contribution in [3.8, 4) is 17.0 Å². The van der Waals surface area contributed by atoms with Gasteiger partial charge in [-0.3, -0.25) is 14.8 Å². The first-order valence-corrected chi connectivity index (χ1v) is 10.0. The highest BCUT2D eigenvalue weighted by Gasteiger charge is 2.42. The Morgan fingerprint density at radius 2 is 1.60 bits per heavy atom. The number of carbonyl (C=O) groups is 1. The number of aromatic amines is 1. The highest BCUT2D eigenvalue weighted by atomic mass is 16.5. The average molecular weight is 395 g/mol. The van der Waals surface area contributed by atoms with Crippen LogP contribution in [0.3, 0.4) is 0 Å². The van der Waals surface area contributed by atoms with Gasteiger partial charge in [0.2, 0.25) is 0 Å². The Hall–Kier alpha value is -3.86. The highest BCUT2D eigenvalue weighted by molar-refractivity contribution is 6.11. The van der Waals surface area contributed by atoms with Crippen LogP contribution in [-0.4, -0.2) is 22.7 Å². The van der Waals surface area contributed by atoms with Crippen LogP contribution in [0.25, 0.3) is 11.3 Å². The number of para-hydroxylation sites is 1. The molecule has 5 rings (SSSR count). The summed E-state index contributed by atoms with van der Waals surface area (Å²) in [5.74, 6) is 0.741. The topological polar surface area (TPSA) is 58.2 Å². The number of anilines is 1. The van der Waals surface area contributed by atoms with Crippen molar-refractivity contribution in [1.82, 2.24) is 10.2 Å². The fraction of sp³-hybridized carbons (Fsp3) is 0.120. The second kappa shape index (κ2) is 7.52. The standard InChI is InChI=1S/C25H21N3O2/c1-2-30-20-15-13-17(14-16-20)22-21-23(27-26-22)25(29)28(19-11-7-4-8-12-19)24(21)18-9-5-3-6-10-18/h3-16,24H,2H2,1H3,(H,26,27)/t24-/m0/s1. The Morgan fingerprint density at radius 1 is 0.933 bits per heavy atom. The van der Waals surface area contributed by atoms with Gasteiger partial charge in [0, 0.05) is 16.8 Å². The second-order valence-corrected chi connectivity index (χ2v) is 7.14. The molecule has 2 heterocycles. The molecule has 0 radical (unpaired) electrons. The molecule has 0 unspecified atom stereocenters. The van der Waals surface area contributed by atoms with Gasteiger partial charge >= 0.3 is 0 Å². The van der Waals surface area contributed by atoms with Gasteiger partial charge in [-0.1, -0.05) is 48.5 Å². The number of hydrogen-bond acceptors (Lipinski definition) is 3. The van der Waals surface area contributed by atoms with E-state index in [1.807, 2.05) is 84.6 Å². The fourth-order valence-electron chi connectivity index (χ4n) is 4.05. The van der Waals surface area contributed by atoms with E-state index < -0.39 is 0 Å². The summed E-state index contributed by atoms with van der Waals surface area (Å²) in [7, 11) is 0. The molecule has 0 fully saturated rings. The van der Waals surface area contributed by atoms with Crippen molar-refractivity contribution in [2.45, 2.75) is 13.0 Å². The zero-order valence-electron chi connectivity index (χ0n) is 16.6. The molecule has 0 spiro atoms. The number of fused-ring (bicyclic) bond motifs is 1. The molecule has 0 saturated heterocycles. The summed E-state index contributed by atoms with van der Waals surface area (Å²) >= 11 is 0. The zero-order chi connectivity index (χ0) is 20.5. The first kappa shape index (κ1) is 18.2. The van der Waals surface area contributed by atoms with Gasteiger partial charge in [0.15, 0.2) is 0 Å². The van der Waals surface area contributed by atoms with Crippen LogP contribution in [-0.2, 0) is 0 Å². The molecule has 1 aromatic heterocycles. The lowest BCUT2D eigenvalue weighted by molar-refractivity contribution is 0.0989. The molecule has 4 aromatic rings. The van der Waals surface area contributed by atoms with Crippen molar-refractivity contribution < 1.29 is 9.53 Å². The van der Waals surface area contributed by atoms with Gasteiger partial charge in [-0.25, -0.2) is 0 Å². The number of amides is 1. The molecule has 1 aliphatic heterocycles. The van der Waals surface area contributed by atoms with Gasteiger partial charge in [-0.2, -0.15) is 5.10 Å². The zero-order valence-corrected chi connectivity index (χ0v) is 16.6. The van der Waals surface area contributed by atoms with Crippen LogP contribution in [0.2, 0.25) is 0 Å². The maximum absolute atomic E-state index is 13.4. The number of carbonyl (C=O) groups excluding carboxylic acids is 1. The summed E-state index contributed by atoms with van der Waals surface area (Å²) in [5, 5.41) is 7.53. The third kappa shape index (κ3) is 2.95. The van der Waals surface area contributed by atoms with Gasteiger partial charge < -0.3 is 4.74 Å². The summed E-state index contributed by atoms with van der Waals surface area (Å²) in [5.41, 5.74) is 5.07. The number of hydrogen-bond donors (Lipinski definition) is 1. The SMILES string of the molecule is CCOc1ccc(-c2n[nH]c3c2[C@H](c2ccccc2)N(c2ccccc2)C3=O)cc1. The molecule has 5 heteroatoms. The molecule has 30 heavy (non-hydrogen) atoms. The highest BCUT2D eigenvalue weighted by Crippen LogP contribution is 2.44. The molecule has 5 nitrogen and oxygen atoms in total. The van der Waals surface area contributed by atoms with Crippen LogP contribution in [0.5, 0.6) is 5.75 Å². The molecule has 1 aliphatic rings. The molecule has 1 N–H and O–H groups in total. The van der Waals surface area contributed by atoms with Crippen LogP contribution in [0.15, 0.2) is 84.9 Å². The number of nitrogens with zero attached hydrogens (tertiary/aromatic N) is 2. The van der Waals surface area contributed by atoms with E-state index in [0.29, 0.717) is 12.3 Å². The van der Waals surface area contributed by atoms with E-state index in [0.717, 1.165) is 33.8 Å². The number of nitrogens with one attached hydrogen (secondary N) is 1. The smallest absolute Gasteiger partial charge is 0.277 e. The summed E-state index contributed by atoms with van der Waals surface area (Å²) in [6.07, 6.45) is 0. The van der Waals surface area contributed by atoms with Crippen LogP contribution < -0.4 is 9.64 Å². The van der Waals surface area contributed by atoms with Gasteiger partial charge in [0.25, 0.3) is 5.91 Å². The molecule has 1 amide bonds. The third-order valence-corrected chi connectivity index (χ3v) is 5.36. The molecular formula is C25H21N3O2. The first-order valence-electron chi connectivity index (χ1n) is 10.0. The maximum atomic E-state index is 13.4. The molecule has 0 bridgehead atoms. The third-order valence-electron chi connectivity index (χ3n) is 5.36. The normalized spacial score (nSPS) is 15.3. The largest absolute Gasteiger partial charge is 0.494 e. The Balaban J connectivity index is 1.66. The van der Waals surface area contributed by atoms with Gasteiger partial charge in [-0.05, 0) is 48.9 Å². The fourth-order valence-corrected chi connectivity index (χ4v) is 4.05. The average Bonchev–Trinajstić information content (AvgIpc) is 3.35. The number of rotatable bonds is 5. The second-order valence-electron chi connectivity index (χ2n) is 7.14. The first-order chi connectivity index (χ1) is 14.8. The number of ether oxygens (including phenoxy) is 1. The lowest BCUT2D eigenvalue weighted by Gasteiger charge is -2.26. The van der Waals surface area contributed by atoms with Crippen molar-refractivity contribution in [2.24, 2.45) is 0 Å². The number of aromatic nitrogens is 2. The van der Waals surface area contributed by atoms with E-state index in [1.54, 1.807) is 0 Å². The van der Waals surface area contributed by atoms with Crippen LogP contribution >= 0.6 is 0 Å². The van der Waals surface area contributed by atoms with E-state index in [2.05, 4.69) is 22.3 Å². The maximum Gasteiger partial charge on any atom is 0.277 e. The Bertz CT molecular complexity index is 1170. The van der Waals surface area contributed by atoms with Crippen LogP contribution in [0, 0.1) is 0 Å². The molecular weight excluding hydrogens is 374 g/mol. The van der Waals surface area contributed by atoms with Crippen molar-refractivity contribution in [2.75, 3.05) is 11.5 Å². The minimum Gasteiger partial charge on any atom is -0.494 e. The summed E-state index contributed by atoms with van der Waals surface area (Å²) in [6, 6.07) is 27.4. The monoisotopic (exact) mass is 395 g/mol. The van der Waals surface area contributed by atoms with Crippen molar-refractivity contribution in [1.29, 1.82) is 0 Å². The van der Waals surface area contributed by atoms with Crippen LogP contribution in [0.4, 0.5) is 5.69 Å². The molecule has 148 valence electrons. The van der Waals surface area contributed by atoms with Crippen molar-refractivity contribution in [3.05, 3.63) is 102 Å². The minimum absolute atomic E-state index is 0.0743. The quantitative estimate of drug-likeness (QED) is 0.504. The summed E-state index contributed by atoms with van der Waals surface area (Å²) in [4.78, 5) is 15.2. The number of H-pyrrole nitrogens is 1. The van der Waals surface area contributed by atoms with E-state index in [9.17, 15) is 4.79 Å². The van der Waals surface area contributed by atoms with E-state index in [-0.39, 0.29) is 11.9 Å². The Morgan fingerprint density at radius 3 is 2.27 bits per heavy atom. The number of benzene rings is 3. The molecule has 3 aromatic carbocycles. The molecule has 0 saturated carbocycles. The van der Waals surface area contributed by atoms with E-state index in [1.165, 1.54) is 0 Å². The van der Waals surface area contributed by atoms with Gasteiger partial charge in [-0.15, -0.1) is 0 Å². The predicted octanol–water partition coefficient (Wildman–Crippen LogP) is 5.23. The minimum atomic E-state index is -0.253. The predicted molar refractivity (Wildman–Crippen MR) is 117 cm³/mol. The van der Waals surface area contributed by atoms with Crippen molar-refractivity contribution in [3.63, 3.8) is 0 Å². The Labute approximate surface area is 174 Å². The van der Waals surface area contributed by atoms with Gasteiger partial charge in [0.1, 0.15) is 11.4 Å². The van der Waals surface area contributed by atoms with E-state index in [4.69, 9.17) is 4.74 Å². The van der Waals surface area contributed by atoms with Crippen molar-refractivity contribution >= 4 is 11.6 Å². The van der Waals surface area contributed by atoms with Crippen LogP contribution in [0.1, 0.15) is 34.6 Å². The lowest BCUT2D eigenvalue weighted by Crippen LogP contribution is -2.29. The Kier molecular flexibility index (Phi) is 4.56. The summed E-state index contributed by atoms with van der Waals surface area (Å²) in [6.45, 7) is 2.58. The lowest BCUT2D eigenvalue weighted by atomic mass is 9.96.